The molecule has 0 unspecified atom stereocenters. The van der Waals surface area contributed by atoms with Crippen molar-refractivity contribution in [2.75, 3.05) is 0 Å². The lowest BCUT2D eigenvalue weighted by Gasteiger charge is -1.89. The molecule has 1 aromatic heterocycles. The maximum atomic E-state index is 10.4. The van der Waals surface area contributed by atoms with E-state index in [9.17, 15) is 4.79 Å². The number of hydrogen-bond acceptors (Lipinski definition) is 2. The van der Waals surface area contributed by atoms with Crippen molar-refractivity contribution in [1.82, 2.24) is 0 Å². The van der Waals surface area contributed by atoms with Crippen molar-refractivity contribution in [3.05, 3.63) is 35.6 Å². The van der Waals surface area contributed by atoms with E-state index in [0.717, 1.165) is 17.3 Å². The molecule has 1 heterocycles. The first-order valence-corrected chi connectivity index (χ1v) is 3.75. The van der Waals surface area contributed by atoms with Crippen LogP contribution in [-0.2, 0) is 0 Å². The van der Waals surface area contributed by atoms with Crippen LogP contribution in [0.4, 0.5) is 0 Å². The van der Waals surface area contributed by atoms with Gasteiger partial charge in [0.1, 0.15) is 5.58 Å². The van der Waals surface area contributed by atoms with Gasteiger partial charge in [0, 0.05) is 5.39 Å². The maximum Gasteiger partial charge on any atom is 0.185 e. The summed E-state index contributed by atoms with van der Waals surface area (Å²) in [6, 6.07) is 7.57. The molecule has 60 valence electrons. The quantitative estimate of drug-likeness (QED) is 0.600. The number of benzene rings is 1. The van der Waals surface area contributed by atoms with Gasteiger partial charge < -0.3 is 4.42 Å². The smallest absolute Gasteiger partial charge is 0.185 e. The average molecular weight is 160 g/mol. The molecule has 0 aliphatic heterocycles. The standard InChI is InChI=1S/C10H8O2/c1-7-2-3-10-8(4-7)5-9(6-11)12-10/h2-6H,1H3. The van der Waals surface area contributed by atoms with Crippen LogP contribution in [0.15, 0.2) is 28.7 Å². The molecular weight excluding hydrogens is 152 g/mol. The fourth-order valence-electron chi connectivity index (χ4n) is 1.24. The van der Waals surface area contributed by atoms with Gasteiger partial charge in [-0.15, -0.1) is 0 Å². The highest BCUT2D eigenvalue weighted by atomic mass is 16.3. The van der Waals surface area contributed by atoms with Gasteiger partial charge in [0.05, 0.1) is 0 Å². The molecule has 0 radical (unpaired) electrons. The van der Waals surface area contributed by atoms with Gasteiger partial charge in [-0.1, -0.05) is 11.6 Å². The van der Waals surface area contributed by atoms with Gasteiger partial charge >= 0.3 is 0 Å². The second-order valence-electron chi connectivity index (χ2n) is 2.81. The van der Waals surface area contributed by atoms with Crippen LogP contribution in [0.5, 0.6) is 0 Å². The Morgan fingerprint density at radius 1 is 1.33 bits per heavy atom. The van der Waals surface area contributed by atoms with Crippen LogP contribution in [0.3, 0.4) is 0 Å². The maximum absolute atomic E-state index is 10.4. The van der Waals surface area contributed by atoms with E-state index in [0.29, 0.717) is 5.76 Å². The van der Waals surface area contributed by atoms with Crippen molar-refractivity contribution in [1.29, 1.82) is 0 Å². The average Bonchev–Trinajstić information content (AvgIpc) is 2.46. The van der Waals surface area contributed by atoms with E-state index in [1.807, 2.05) is 25.1 Å². The summed E-state index contributed by atoms with van der Waals surface area (Å²) < 4.78 is 5.20. The number of fused-ring (bicyclic) bond motifs is 1. The second-order valence-corrected chi connectivity index (χ2v) is 2.81. The third-order valence-corrected chi connectivity index (χ3v) is 1.81. The third kappa shape index (κ3) is 1.01. The van der Waals surface area contributed by atoms with Crippen molar-refractivity contribution >= 4 is 17.3 Å². The van der Waals surface area contributed by atoms with Gasteiger partial charge in [0.25, 0.3) is 0 Å². The Bertz CT molecular complexity index is 426. The van der Waals surface area contributed by atoms with E-state index in [4.69, 9.17) is 4.42 Å². The van der Waals surface area contributed by atoms with Gasteiger partial charge in [0.15, 0.2) is 12.0 Å². The zero-order valence-corrected chi connectivity index (χ0v) is 6.70. The lowest BCUT2D eigenvalue weighted by molar-refractivity contribution is 0.110. The van der Waals surface area contributed by atoms with E-state index in [1.54, 1.807) is 6.07 Å². The van der Waals surface area contributed by atoms with E-state index in [2.05, 4.69) is 0 Å². The number of furan rings is 1. The molecule has 0 saturated heterocycles. The summed E-state index contributed by atoms with van der Waals surface area (Å²) in [6.07, 6.45) is 0.718. The zero-order valence-electron chi connectivity index (χ0n) is 6.70. The van der Waals surface area contributed by atoms with Crippen LogP contribution in [0, 0.1) is 6.92 Å². The molecule has 0 amide bonds. The van der Waals surface area contributed by atoms with Gasteiger partial charge in [-0.25, -0.2) is 0 Å². The number of carbonyl (C=O) groups excluding carboxylic acids is 1. The van der Waals surface area contributed by atoms with Crippen LogP contribution in [0.2, 0.25) is 0 Å². The Morgan fingerprint density at radius 3 is 2.92 bits per heavy atom. The summed E-state index contributed by atoms with van der Waals surface area (Å²) in [4.78, 5) is 10.4. The first-order chi connectivity index (χ1) is 5.79. The van der Waals surface area contributed by atoms with Gasteiger partial charge in [-0.05, 0) is 25.1 Å². The Kier molecular flexibility index (Phi) is 1.47. The minimum Gasteiger partial charge on any atom is -0.453 e. The summed E-state index contributed by atoms with van der Waals surface area (Å²) in [7, 11) is 0. The fraction of sp³-hybridized carbons (Fsp3) is 0.100. The predicted octanol–water partition coefficient (Wildman–Crippen LogP) is 2.55. The van der Waals surface area contributed by atoms with Gasteiger partial charge in [-0.2, -0.15) is 0 Å². The predicted molar refractivity (Wildman–Crippen MR) is 46.3 cm³/mol. The fourth-order valence-corrected chi connectivity index (χ4v) is 1.24. The molecule has 0 N–H and O–H groups in total. The summed E-state index contributed by atoms with van der Waals surface area (Å²) in [5, 5.41) is 0.983. The largest absolute Gasteiger partial charge is 0.453 e. The molecule has 12 heavy (non-hydrogen) atoms. The summed E-state index contributed by atoms with van der Waals surface area (Å²) >= 11 is 0. The highest BCUT2D eigenvalue weighted by molar-refractivity contribution is 5.85. The summed E-state index contributed by atoms with van der Waals surface area (Å²) in [5.41, 5.74) is 1.93. The number of rotatable bonds is 1. The van der Waals surface area contributed by atoms with Crippen LogP contribution in [0.1, 0.15) is 16.1 Å². The minimum atomic E-state index is 0.385. The van der Waals surface area contributed by atoms with E-state index in [1.165, 1.54) is 5.56 Å². The second kappa shape index (κ2) is 2.48. The van der Waals surface area contributed by atoms with Crippen molar-refractivity contribution in [2.24, 2.45) is 0 Å². The normalized spacial score (nSPS) is 10.4. The lowest BCUT2D eigenvalue weighted by atomic mass is 10.2. The Labute approximate surface area is 69.8 Å². The Balaban J connectivity index is 2.75. The topological polar surface area (TPSA) is 30.2 Å². The van der Waals surface area contributed by atoms with E-state index in [-0.39, 0.29) is 0 Å². The Morgan fingerprint density at radius 2 is 2.17 bits per heavy atom. The van der Waals surface area contributed by atoms with Crippen molar-refractivity contribution < 1.29 is 9.21 Å². The molecule has 0 aliphatic rings. The van der Waals surface area contributed by atoms with Crippen molar-refractivity contribution in [3.8, 4) is 0 Å². The number of aryl methyl sites for hydroxylation is 1. The highest BCUT2D eigenvalue weighted by Crippen LogP contribution is 2.19. The monoisotopic (exact) mass is 160 g/mol. The number of hydrogen-bond donors (Lipinski definition) is 0. The highest BCUT2D eigenvalue weighted by Gasteiger charge is 2.01. The van der Waals surface area contributed by atoms with Crippen LogP contribution < -0.4 is 0 Å². The van der Waals surface area contributed by atoms with Crippen LogP contribution in [0.25, 0.3) is 11.0 Å². The molecule has 0 fully saturated rings. The van der Waals surface area contributed by atoms with Crippen LogP contribution >= 0.6 is 0 Å². The van der Waals surface area contributed by atoms with Crippen LogP contribution in [-0.4, -0.2) is 6.29 Å². The van der Waals surface area contributed by atoms with Crippen molar-refractivity contribution in [2.45, 2.75) is 6.92 Å². The molecule has 0 bridgehead atoms. The summed E-state index contributed by atoms with van der Waals surface area (Å²) in [6.45, 7) is 2.01. The van der Waals surface area contributed by atoms with E-state index >= 15 is 0 Å². The first kappa shape index (κ1) is 7.10. The van der Waals surface area contributed by atoms with Crippen molar-refractivity contribution in [3.63, 3.8) is 0 Å². The molecule has 2 rings (SSSR count). The number of aldehydes is 1. The molecule has 2 nitrogen and oxygen atoms in total. The minimum absolute atomic E-state index is 0.385. The molecule has 0 saturated carbocycles. The van der Waals surface area contributed by atoms with Gasteiger partial charge in [-0.3, -0.25) is 4.79 Å². The molecule has 2 heteroatoms. The molecule has 0 atom stereocenters. The third-order valence-electron chi connectivity index (χ3n) is 1.81. The molecule has 2 aromatic rings. The number of carbonyl (C=O) groups is 1. The molecule has 0 aliphatic carbocycles. The van der Waals surface area contributed by atoms with E-state index < -0.39 is 0 Å². The van der Waals surface area contributed by atoms with Gasteiger partial charge in [0.2, 0.25) is 0 Å². The molecular formula is C10H8O2. The SMILES string of the molecule is Cc1ccc2oc(C=O)cc2c1. The Hall–Kier alpha value is -1.57. The molecule has 1 aromatic carbocycles. The lowest BCUT2D eigenvalue weighted by Crippen LogP contribution is -1.67. The first-order valence-electron chi connectivity index (χ1n) is 3.75. The summed E-state index contributed by atoms with van der Waals surface area (Å²) in [5.74, 6) is 0.385. The molecule has 0 spiro atoms. The zero-order chi connectivity index (χ0) is 8.55.